The predicted octanol–water partition coefficient (Wildman–Crippen LogP) is 12.7. The van der Waals surface area contributed by atoms with Crippen LogP contribution in [0.2, 0.25) is 0 Å². The number of fused-ring (bicyclic) bond motifs is 10. The van der Waals surface area contributed by atoms with Crippen molar-refractivity contribution in [2.24, 2.45) is 4.99 Å². The molecule has 0 amide bonds. The molecule has 10 aromatic rings. The van der Waals surface area contributed by atoms with Gasteiger partial charge in [0.2, 0.25) is 0 Å². The first-order chi connectivity index (χ1) is 26.7. The summed E-state index contributed by atoms with van der Waals surface area (Å²) >= 11 is 1.76. The minimum atomic E-state index is -0.337. The smallest absolute Gasteiger partial charge is 0.147 e. The summed E-state index contributed by atoms with van der Waals surface area (Å²) < 4.78 is 5.91. The zero-order valence-electron chi connectivity index (χ0n) is 29.4. The number of allylic oxidation sites excluding steroid dienone is 2. The van der Waals surface area contributed by atoms with Gasteiger partial charge in [0.05, 0.1) is 27.6 Å². The molecule has 1 aliphatic rings. The van der Waals surface area contributed by atoms with Crippen molar-refractivity contribution in [3.63, 3.8) is 0 Å². The standard InChI is InChI=1S/C48H33N5S/c1-2-29(28-49)32-20-23-38-44(27-32)54-48-45(38)47(53-41-19-11-9-17-36(41)39-24-30-12-6-7-13-31(30)25-43(39)53)50-46(51-48)33-21-22-37-35-16-8-10-18-40(35)52(42(37)26-33)34-14-4-3-5-15-34/h2-28,46,49,51H,1H3/b29-2+,49-28?. The molecule has 3 aromatic heterocycles. The van der Waals surface area contributed by atoms with Crippen molar-refractivity contribution in [2.75, 3.05) is 5.32 Å². The molecule has 0 saturated carbocycles. The molecule has 0 fully saturated rings. The summed E-state index contributed by atoms with van der Waals surface area (Å²) in [4.78, 5) is 5.71. The van der Waals surface area contributed by atoms with Gasteiger partial charge in [0, 0.05) is 43.5 Å². The molecular formula is C48H33N5S. The van der Waals surface area contributed by atoms with Gasteiger partial charge in [-0.1, -0.05) is 109 Å². The zero-order chi connectivity index (χ0) is 35.9. The first-order valence-electron chi connectivity index (χ1n) is 18.3. The molecule has 0 saturated heterocycles. The highest BCUT2D eigenvalue weighted by atomic mass is 32.1. The van der Waals surface area contributed by atoms with Gasteiger partial charge >= 0.3 is 0 Å². The van der Waals surface area contributed by atoms with Crippen LogP contribution >= 0.6 is 11.3 Å². The molecule has 11 rings (SSSR count). The van der Waals surface area contributed by atoms with Crippen LogP contribution in [0.4, 0.5) is 5.00 Å². The summed E-state index contributed by atoms with van der Waals surface area (Å²) in [6, 6.07) is 54.6. The third kappa shape index (κ3) is 4.50. The third-order valence-corrected chi connectivity index (χ3v) is 12.1. The summed E-state index contributed by atoms with van der Waals surface area (Å²) in [6.45, 7) is 1.99. The number of hydrogen-bond donors (Lipinski definition) is 2. The Morgan fingerprint density at radius 1 is 0.630 bits per heavy atom. The van der Waals surface area contributed by atoms with Gasteiger partial charge in [0.1, 0.15) is 17.0 Å². The molecule has 54 heavy (non-hydrogen) atoms. The molecule has 1 atom stereocenters. The summed E-state index contributed by atoms with van der Waals surface area (Å²) in [5.41, 5.74) is 9.86. The van der Waals surface area contributed by atoms with Gasteiger partial charge in [-0.15, -0.1) is 11.3 Å². The normalized spacial score (nSPS) is 14.6. The van der Waals surface area contributed by atoms with Crippen molar-refractivity contribution in [3.05, 3.63) is 174 Å². The molecule has 0 radical (unpaired) electrons. The van der Waals surface area contributed by atoms with Gasteiger partial charge in [-0.25, -0.2) is 4.99 Å². The van der Waals surface area contributed by atoms with Crippen LogP contribution in [0.5, 0.6) is 0 Å². The highest BCUT2D eigenvalue weighted by molar-refractivity contribution is 7.23. The fourth-order valence-electron chi connectivity index (χ4n) is 8.50. The Bertz CT molecular complexity index is 3230. The molecule has 2 N–H and O–H groups in total. The number of nitrogens with one attached hydrogen (secondary N) is 2. The molecule has 5 nitrogen and oxygen atoms in total. The van der Waals surface area contributed by atoms with Crippen molar-refractivity contribution < 1.29 is 0 Å². The van der Waals surface area contributed by atoms with Gasteiger partial charge in [-0.05, 0) is 82.9 Å². The van der Waals surface area contributed by atoms with E-state index in [0.717, 1.165) is 65.4 Å². The van der Waals surface area contributed by atoms with Gasteiger partial charge in [0.15, 0.2) is 0 Å². The average molecular weight is 712 g/mol. The van der Waals surface area contributed by atoms with Gasteiger partial charge < -0.3 is 15.3 Å². The van der Waals surface area contributed by atoms with E-state index in [9.17, 15) is 0 Å². The molecule has 0 aliphatic carbocycles. The molecule has 6 heteroatoms. The zero-order valence-corrected chi connectivity index (χ0v) is 30.2. The van der Waals surface area contributed by atoms with Gasteiger partial charge in [-0.3, -0.25) is 4.57 Å². The maximum atomic E-state index is 8.03. The summed E-state index contributed by atoms with van der Waals surface area (Å²) in [7, 11) is 0. The fourth-order valence-corrected chi connectivity index (χ4v) is 9.66. The van der Waals surface area contributed by atoms with Crippen molar-refractivity contribution in [1.29, 1.82) is 5.41 Å². The minimum Gasteiger partial charge on any atom is -0.351 e. The molecule has 1 aliphatic heterocycles. The quantitative estimate of drug-likeness (QED) is 0.175. The van der Waals surface area contributed by atoms with Crippen molar-refractivity contribution in [2.45, 2.75) is 13.1 Å². The molecule has 0 bridgehead atoms. The van der Waals surface area contributed by atoms with Crippen molar-refractivity contribution in [1.82, 2.24) is 9.13 Å². The summed E-state index contributed by atoms with van der Waals surface area (Å²) in [6.07, 6.45) is 3.09. The highest BCUT2D eigenvalue weighted by Crippen LogP contribution is 2.45. The Morgan fingerprint density at radius 2 is 1.28 bits per heavy atom. The number of thiophene rings is 1. The molecule has 0 spiro atoms. The number of hydrogen-bond acceptors (Lipinski definition) is 4. The van der Waals surface area contributed by atoms with E-state index >= 15 is 0 Å². The number of benzene rings is 7. The monoisotopic (exact) mass is 711 g/mol. The summed E-state index contributed by atoms with van der Waals surface area (Å²) in [5.74, 6) is 0.927. The van der Waals surface area contributed by atoms with Crippen LogP contribution in [0.1, 0.15) is 29.8 Å². The first-order valence-corrected chi connectivity index (χ1v) is 19.1. The van der Waals surface area contributed by atoms with Crippen molar-refractivity contribution >= 4 is 98.4 Å². The SMILES string of the molecule is C/C=C(\C=N)c1ccc2c3c(sc2c1)NC(c1ccc2c4ccccc4n(-c4ccccc4)c2c1)N=C3n1c2ccccc2c2cc3ccccc3cc21. The first kappa shape index (κ1) is 30.8. The van der Waals surface area contributed by atoms with E-state index in [0.29, 0.717) is 0 Å². The second-order valence-electron chi connectivity index (χ2n) is 13.9. The van der Waals surface area contributed by atoms with Crippen LogP contribution in [0.25, 0.3) is 75.7 Å². The number of para-hydroxylation sites is 3. The molecule has 256 valence electrons. The topological polar surface area (TPSA) is 58.1 Å². The molecular weight excluding hydrogens is 679 g/mol. The lowest BCUT2D eigenvalue weighted by atomic mass is 10.0. The Morgan fingerprint density at radius 3 is 2.06 bits per heavy atom. The number of anilines is 1. The number of rotatable bonds is 4. The van der Waals surface area contributed by atoms with Crippen molar-refractivity contribution in [3.8, 4) is 5.69 Å². The third-order valence-electron chi connectivity index (χ3n) is 11.0. The van der Waals surface area contributed by atoms with Crippen LogP contribution < -0.4 is 5.32 Å². The number of nitrogens with zero attached hydrogens (tertiary/aromatic N) is 3. The van der Waals surface area contributed by atoms with E-state index in [1.54, 1.807) is 11.3 Å². The van der Waals surface area contributed by atoms with Crippen LogP contribution in [0, 0.1) is 5.41 Å². The lowest BCUT2D eigenvalue weighted by Crippen LogP contribution is -2.23. The molecule has 1 unspecified atom stereocenters. The highest BCUT2D eigenvalue weighted by Gasteiger charge is 2.30. The van der Waals surface area contributed by atoms with E-state index in [1.165, 1.54) is 44.0 Å². The van der Waals surface area contributed by atoms with E-state index in [4.69, 9.17) is 10.4 Å². The van der Waals surface area contributed by atoms with E-state index < -0.39 is 0 Å². The minimum absolute atomic E-state index is 0.337. The largest absolute Gasteiger partial charge is 0.351 e. The Labute approximate surface area is 315 Å². The second-order valence-corrected chi connectivity index (χ2v) is 15.0. The summed E-state index contributed by atoms with van der Waals surface area (Å²) in [5, 5.41) is 21.5. The van der Waals surface area contributed by atoms with Crippen LogP contribution in [-0.4, -0.2) is 21.2 Å². The molecule has 4 heterocycles. The van der Waals surface area contributed by atoms with E-state index in [-0.39, 0.29) is 6.17 Å². The Kier molecular flexibility index (Phi) is 6.78. The van der Waals surface area contributed by atoms with Crippen LogP contribution in [0.15, 0.2) is 163 Å². The maximum absolute atomic E-state index is 8.03. The van der Waals surface area contributed by atoms with Crippen LogP contribution in [0.3, 0.4) is 0 Å². The molecule has 7 aromatic carbocycles. The van der Waals surface area contributed by atoms with Crippen LogP contribution in [-0.2, 0) is 0 Å². The Hall–Kier alpha value is -6.76. The average Bonchev–Trinajstić information content (AvgIpc) is 3.87. The Balaban J connectivity index is 1.19. The number of aromatic nitrogens is 2. The van der Waals surface area contributed by atoms with Gasteiger partial charge in [0.25, 0.3) is 0 Å². The maximum Gasteiger partial charge on any atom is 0.147 e. The van der Waals surface area contributed by atoms with E-state index in [1.807, 2.05) is 13.0 Å². The predicted molar refractivity (Wildman–Crippen MR) is 230 cm³/mol. The second kappa shape index (κ2) is 11.9. The number of aliphatic imine (C=N–C) groups is 1. The van der Waals surface area contributed by atoms with Gasteiger partial charge in [-0.2, -0.15) is 0 Å². The lowest BCUT2D eigenvalue weighted by Gasteiger charge is -2.25. The lowest BCUT2D eigenvalue weighted by molar-refractivity contribution is 0.825. The van der Waals surface area contributed by atoms with E-state index in [2.05, 4.69) is 166 Å². The fraction of sp³-hybridized carbons (Fsp3) is 0.0417.